The Kier molecular flexibility index (Phi) is 9.12. The molecule has 0 aromatic heterocycles. The van der Waals surface area contributed by atoms with Gasteiger partial charge in [0.2, 0.25) is 0 Å². The Morgan fingerprint density at radius 3 is 2.20 bits per heavy atom. The molecule has 0 aromatic rings. The normalized spacial score (nSPS) is 13.8. The predicted molar refractivity (Wildman–Crippen MR) is 69.0 cm³/mol. The van der Waals surface area contributed by atoms with Crippen LogP contribution in [0.25, 0.3) is 0 Å². The van der Waals surface area contributed by atoms with Crippen LogP contribution in [-0.4, -0.2) is 31.6 Å². The predicted octanol–water partition coefficient (Wildman–Crippen LogP) is 2.73. The molecule has 1 atom stereocenters. The van der Waals surface area contributed by atoms with Gasteiger partial charge in [0.25, 0.3) is 0 Å². The van der Waals surface area contributed by atoms with Gasteiger partial charge in [-0.1, -0.05) is 20.8 Å². The smallest absolute Gasteiger partial charge is 0.00194 e. The van der Waals surface area contributed by atoms with Crippen molar-refractivity contribution < 1.29 is 0 Å². The minimum absolute atomic E-state index is 0.800. The fourth-order valence-corrected chi connectivity index (χ4v) is 1.73. The van der Waals surface area contributed by atoms with Crippen molar-refractivity contribution in [2.45, 2.75) is 46.5 Å². The maximum atomic E-state index is 5.53. The molecule has 0 aromatic carbocycles. The zero-order chi connectivity index (χ0) is 11.7. The van der Waals surface area contributed by atoms with Crippen LogP contribution in [0, 0.1) is 11.8 Å². The van der Waals surface area contributed by atoms with E-state index in [0.717, 1.165) is 18.4 Å². The molecule has 15 heavy (non-hydrogen) atoms. The van der Waals surface area contributed by atoms with E-state index in [2.05, 4.69) is 32.7 Å². The fraction of sp³-hybridized carbons (Fsp3) is 1.00. The molecule has 0 aliphatic heterocycles. The second kappa shape index (κ2) is 9.17. The Hall–Kier alpha value is -0.0800. The molecule has 0 saturated carbocycles. The van der Waals surface area contributed by atoms with E-state index in [9.17, 15) is 0 Å². The highest BCUT2D eigenvalue weighted by Crippen LogP contribution is 2.09. The summed E-state index contributed by atoms with van der Waals surface area (Å²) in [7, 11) is 2.23. The topological polar surface area (TPSA) is 29.3 Å². The molecule has 0 heterocycles. The largest absolute Gasteiger partial charge is 0.330 e. The summed E-state index contributed by atoms with van der Waals surface area (Å²) in [6.45, 7) is 10.2. The fourth-order valence-electron chi connectivity index (χ4n) is 1.73. The minimum Gasteiger partial charge on any atom is -0.330 e. The molecule has 0 saturated heterocycles. The van der Waals surface area contributed by atoms with E-state index < -0.39 is 0 Å². The first kappa shape index (κ1) is 14.9. The van der Waals surface area contributed by atoms with E-state index in [4.69, 9.17) is 5.73 Å². The van der Waals surface area contributed by atoms with E-state index in [1.807, 2.05) is 0 Å². The lowest BCUT2D eigenvalue weighted by molar-refractivity contribution is 0.294. The van der Waals surface area contributed by atoms with Crippen molar-refractivity contribution in [2.75, 3.05) is 26.7 Å². The number of hydrogen-bond acceptors (Lipinski definition) is 2. The second-order valence-corrected chi connectivity index (χ2v) is 5.31. The molecule has 0 radical (unpaired) electrons. The first-order chi connectivity index (χ1) is 7.06. The van der Waals surface area contributed by atoms with Gasteiger partial charge in [-0.05, 0) is 64.2 Å². The highest BCUT2D eigenvalue weighted by atomic mass is 15.1. The average Bonchev–Trinajstić information content (AvgIpc) is 2.15. The van der Waals surface area contributed by atoms with Gasteiger partial charge in [-0.2, -0.15) is 0 Å². The van der Waals surface area contributed by atoms with Crippen molar-refractivity contribution in [1.82, 2.24) is 4.90 Å². The van der Waals surface area contributed by atoms with Gasteiger partial charge in [-0.25, -0.2) is 0 Å². The van der Waals surface area contributed by atoms with Crippen LogP contribution >= 0.6 is 0 Å². The van der Waals surface area contributed by atoms with Crippen LogP contribution in [0.15, 0.2) is 0 Å². The molecule has 2 nitrogen and oxygen atoms in total. The van der Waals surface area contributed by atoms with Crippen molar-refractivity contribution >= 4 is 0 Å². The van der Waals surface area contributed by atoms with Gasteiger partial charge in [-0.15, -0.1) is 0 Å². The Bertz CT molecular complexity index is 134. The second-order valence-electron chi connectivity index (χ2n) is 5.31. The third-order valence-corrected chi connectivity index (χ3v) is 2.98. The van der Waals surface area contributed by atoms with E-state index in [0.29, 0.717) is 0 Å². The van der Waals surface area contributed by atoms with Crippen molar-refractivity contribution in [2.24, 2.45) is 17.6 Å². The van der Waals surface area contributed by atoms with E-state index in [1.54, 1.807) is 0 Å². The molecule has 0 bridgehead atoms. The summed E-state index contributed by atoms with van der Waals surface area (Å²) in [5.74, 6) is 1.62. The summed E-state index contributed by atoms with van der Waals surface area (Å²) >= 11 is 0. The van der Waals surface area contributed by atoms with Crippen LogP contribution in [0.4, 0.5) is 0 Å². The highest BCUT2D eigenvalue weighted by Gasteiger charge is 2.03. The molecule has 2 N–H and O–H groups in total. The van der Waals surface area contributed by atoms with E-state index in [-0.39, 0.29) is 0 Å². The Balaban J connectivity index is 3.34. The molecule has 0 rings (SSSR count). The summed E-state index contributed by atoms with van der Waals surface area (Å²) in [5.41, 5.74) is 5.53. The molecule has 2 heteroatoms. The number of nitrogens with two attached hydrogens (primary N) is 1. The van der Waals surface area contributed by atoms with Crippen LogP contribution in [0.5, 0.6) is 0 Å². The summed E-state index contributed by atoms with van der Waals surface area (Å²) < 4.78 is 0. The van der Waals surface area contributed by atoms with Crippen LogP contribution < -0.4 is 5.73 Å². The molecule has 0 aliphatic rings. The van der Waals surface area contributed by atoms with Gasteiger partial charge in [0.05, 0.1) is 0 Å². The monoisotopic (exact) mass is 214 g/mol. The average molecular weight is 214 g/mol. The Labute approximate surface area is 96.2 Å². The third kappa shape index (κ3) is 10.2. The number of rotatable bonds is 9. The van der Waals surface area contributed by atoms with Gasteiger partial charge in [0.15, 0.2) is 0 Å². The number of hydrogen-bond donors (Lipinski definition) is 1. The Morgan fingerprint density at radius 1 is 1.00 bits per heavy atom. The van der Waals surface area contributed by atoms with Gasteiger partial charge in [-0.3, -0.25) is 0 Å². The minimum atomic E-state index is 0.800. The quantitative estimate of drug-likeness (QED) is 0.639. The SMILES string of the molecule is CC(C)CCN(C)CCCC(C)CCN. The zero-order valence-electron chi connectivity index (χ0n) is 11.1. The first-order valence-electron chi connectivity index (χ1n) is 6.44. The lowest BCUT2D eigenvalue weighted by atomic mass is 10.0. The highest BCUT2D eigenvalue weighted by molar-refractivity contribution is 4.58. The molecule has 0 amide bonds. The summed E-state index contributed by atoms with van der Waals surface area (Å²) in [5, 5.41) is 0. The Morgan fingerprint density at radius 2 is 1.67 bits per heavy atom. The summed E-state index contributed by atoms with van der Waals surface area (Å²) in [4.78, 5) is 2.45. The maximum Gasteiger partial charge on any atom is -0.00194 e. The molecular weight excluding hydrogens is 184 g/mol. The van der Waals surface area contributed by atoms with Gasteiger partial charge >= 0.3 is 0 Å². The maximum absolute atomic E-state index is 5.53. The zero-order valence-corrected chi connectivity index (χ0v) is 11.1. The summed E-state index contributed by atoms with van der Waals surface area (Å²) in [6, 6.07) is 0. The van der Waals surface area contributed by atoms with Crippen molar-refractivity contribution in [3.63, 3.8) is 0 Å². The van der Waals surface area contributed by atoms with E-state index >= 15 is 0 Å². The lowest BCUT2D eigenvalue weighted by Gasteiger charge is -2.18. The molecular formula is C13H30N2. The van der Waals surface area contributed by atoms with Gasteiger partial charge in [0.1, 0.15) is 0 Å². The molecule has 0 spiro atoms. The van der Waals surface area contributed by atoms with Crippen LogP contribution in [0.3, 0.4) is 0 Å². The third-order valence-electron chi connectivity index (χ3n) is 2.98. The molecule has 1 unspecified atom stereocenters. The van der Waals surface area contributed by atoms with Crippen molar-refractivity contribution in [3.8, 4) is 0 Å². The van der Waals surface area contributed by atoms with Crippen molar-refractivity contribution in [1.29, 1.82) is 0 Å². The van der Waals surface area contributed by atoms with Gasteiger partial charge < -0.3 is 10.6 Å². The van der Waals surface area contributed by atoms with Gasteiger partial charge in [0, 0.05) is 0 Å². The standard InChI is InChI=1S/C13H30N2/c1-12(2)8-11-15(4)10-5-6-13(3)7-9-14/h12-13H,5-11,14H2,1-4H3. The molecule has 0 fully saturated rings. The van der Waals surface area contributed by atoms with Crippen LogP contribution in [0.1, 0.15) is 46.5 Å². The van der Waals surface area contributed by atoms with Crippen molar-refractivity contribution in [3.05, 3.63) is 0 Å². The summed E-state index contributed by atoms with van der Waals surface area (Å²) in [6.07, 6.45) is 5.13. The van der Waals surface area contributed by atoms with Crippen LogP contribution in [-0.2, 0) is 0 Å². The number of nitrogens with zero attached hydrogens (tertiary/aromatic N) is 1. The lowest BCUT2D eigenvalue weighted by Crippen LogP contribution is -2.22. The first-order valence-corrected chi connectivity index (χ1v) is 6.44. The van der Waals surface area contributed by atoms with Crippen LogP contribution in [0.2, 0.25) is 0 Å². The molecule has 0 aliphatic carbocycles. The molecule has 92 valence electrons. The van der Waals surface area contributed by atoms with E-state index in [1.165, 1.54) is 38.8 Å².